The molecule has 0 aliphatic rings. The molecular weight excluding hydrogens is 323 g/mol. The van der Waals surface area contributed by atoms with Crippen molar-refractivity contribution in [3.8, 4) is 22.4 Å². The van der Waals surface area contributed by atoms with Gasteiger partial charge in [-0.05, 0) is 27.6 Å². The molecule has 3 rings (SSSR count). The second-order valence-corrected chi connectivity index (χ2v) is 5.03. The fraction of sp³-hybridized carbons (Fsp3) is 0. The number of anilines is 1. The lowest BCUT2D eigenvalue weighted by Gasteiger charge is -2.05. The first-order valence-corrected chi connectivity index (χ1v) is 6.72. The van der Waals surface area contributed by atoms with E-state index in [1.54, 1.807) is 12.1 Å². The number of hydrogen-bond donors (Lipinski definition) is 1. The molecule has 0 aliphatic heterocycles. The molecular formula is C15H10BrFN2O. The number of hydrogen-bond acceptors (Lipinski definition) is 3. The van der Waals surface area contributed by atoms with Crippen LogP contribution in [-0.4, -0.2) is 5.16 Å². The van der Waals surface area contributed by atoms with Crippen LogP contribution in [0.4, 0.5) is 10.3 Å². The molecule has 3 aromatic rings. The lowest BCUT2D eigenvalue weighted by atomic mass is 10.0. The van der Waals surface area contributed by atoms with Crippen LogP contribution in [0, 0.1) is 5.82 Å². The van der Waals surface area contributed by atoms with Gasteiger partial charge in [0.2, 0.25) is 5.88 Å². The van der Waals surface area contributed by atoms with Gasteiger partial charge >= 0.3 is 0 Å². The third-order valence-electron chi connectivity index (χ3n) is 2.99. The molecule has 3 nitrogen and oxygen atoms in total. The predicted octanol–water partition coefficient (Wildman–Crippen LogP) is 4.49. The average Bonchev–Trinajstić information content (AvgIpc) is 2.84. The van der Waals surface area contributed by atoms with Crippen LogP contribution in [0.3, 0.4) is 0 Å². The minimum Gasteiger partial charge on any atom is -0.367 e. The van der Waals surface area contributed by atoms with Crippen LogP contribution < -0.4 is 5.73 Å². The molecule has 5 heteroatoms. The third-order valence-corrected chi connectivity index (χ3v) is 3.79. The lowest BCUT2D eigenvalue weighted by molar-refractivity contribution is 0.439. The molecule has 0 saturated carbocycles. The molecule has 1 heterocycles. The first-order valence-electron chi connectivity index (χ1n) is 5.93. The van der Waals surface area contributed by atoms with E-state index < -0.39 is 0 Å². The van der Waals surface area contributed by atoms with Crippen LogP contribution >= 0.6 is 15.9 Å². The topological polar surface area (TPSA) is 52.0 Å². The van der Waals surface area contributed by atoms with E-state index in [4.69, 9.17) is 10.3 Å². The molecule has 0 bridgehead atoms. The van der Waals surface area contributed by atoms with Crippen molar-refractivity contribution in [2.45, 2.75) is 0 Å². The number of nitrogens with zero attached hydrogens (tertiary/aromatic N) is 1. The highest BCUT2D eigenvalue weighted by molar-refractivity contribution is 9.10. The summed E-state index contributed by atoms with van der Waals surface area (Å²) in [6, 6.07) is 14.3. The molecule has 2 N–H and O–H groups in total. The smallest absolute Gasteiger partial charge is 0.230 e. The summed E-state index contributed by atoms with van der Waals surface area (Å²) in [6.45, 7) is 0. The van der Waals surface area contributed by atoms with Crippen molar-refractivity contribution in [1.29, 1.82) is 0 Å². The molecule has 100 valence electrons. The van der Waals surface area contributed by atoms with Gasteiger partial charge in [-0.3, -0.25) is 0 Å². The zero-order valence-corrected chi connectivity index (χ0v) is 11.9. The highest BCUT2D eigenvalue weighted by Gasteiger charge is 2.20. The molecule has 20 heavy (non-hydrogen) atoms. The van der Waals surface area contributed by atoms with Crippen LogP contribution in [0.25, 0.3) is 22.4 Å². The standard InChI is InChI=1S/C15H10BrFN2O/c16-13-10(7-4-8-11(13)17)14-12(15(18)20-19-14)9-5-2-1-3-6-9/h1-8H,18H2. The van der Waals surface area contributed by atoms with Gasteiger partial charge in [-0.15, -0.1) is 0 Å². The summed E-state index contributed by atoms with van der Waals surface area (Å²) < 4.78 is 19.1. The number of benzene rings is 2. The van der Waals surface area contributed by atoms with Crippen molar-refractivity contribution in [2.24, 2.45) is 0 Å². The summed E-state index contributed by atoms with van der Waals surface area (Å²) in [5, 5.41) is 3.97. The van der Waals surface area contributed by atoms with Crippen molar-refractivity contribution < 1.29 is 8.91 Å². The number of aromatic nitrogens is 1. The quantitative estimate of drug-likeness (QED) is 0.752. The third kappa shape index (κ3) is 2.10. The Kier molecular flexibility index (Phi) is 3.28. The summed E-state index contributed by atoms with van der Waals surface area (Å²) in [4.78, 5) is 0. The Morgan fingerprint density at radius 3 is 2.55 bits per heavy atom. The van der Waals surface area contributed by atoms with Crippen molar-refractivity contribution in [3.05, 3.63) is 58.8 Å². The fourth-order valence-electron chi connectivity index (χ4n) is 2.06. The van der Waals surface area contributed by atoms with Crippen LogP contribution in [0.2, 0.25) is 0 Å². The Balaban J connectivity index is 2.24. The molecule has 0 aliphatic carbocycles. The Hall–Kier alpha value is -2.14. The summed E-state index contributed by atoms with van der Waals surface area (Å²) in [5.74, 6) is -0.148. The van der Waals surface area contributed by atoms with Gasteiger partial charge in [0.05, 0.1) is 10.0 Å². The summed E-state index contributed by atoms with van der Waals surface area (Å²) in [5.41, 5.74) is 8.51. The highest BCUT2D eigenvalue weighted by Crippen LogP contribution is 2.39. The first-order chi connectivity index (χ1) is 9.68. The Morgan fingerprint density at radius 1 is 1.05 bits per heavy atom. The minimum atomic E-state index is -0.358. The summed E-state index contributed by atoms with van der Waals surface area (Å²) in [7, 11) is 0. The number of halogens is 2. The van der Waals surface area contributed by atoms with E-state index >= 15 is 0 Å². The fourth-order valence-corrected chi connectivity index (χ4v) is 2.51. The summed E-state index contributed by atoms with van der Waals surface area (Å²) >= 11 is 3.24. The lowest BCUT2D eigenvalue weighted by Crippen LogP contribution is -1.89. The van der Waals surface area contributed by atoms with Crippen LogP contribution in [-0.2, 0) is 0 Å². The maximum absolute atomic E-state index is 13.7. The van der Waals surface area contributed by atoms with E-state index in [1.807, 2.05) is 30.3 Å². The average molecular weight is 333 g/mol. The Labute approximate surface area is 123 Å². The number of nitrogens with two attached hydrogens (primary N) is 1. The maximum Gasteiger partial charge on any atom is 0.230 e. The van der Waals surface area contributed by atoms with Crippen molar-refractivity contribution in [3.63, 3.8) is 0 Å². The first kappa shape index (κ1) is 12.9. The molecule has 0 amide bonds. The van der Waals surface area contributed by atoms with Crippen molar-refractivity contribution in [1.82, 2.24) is 5.16 Å². The normalized spacial score (nSPS) is 10.7. The SMILES string of the molecule is Nc1onc(-c2cccc(F)c2Br)c1-c1ccccc1. The van der Waals surface area contributed by atoms with E-state index in [9.17, 15) is 4.39 Å². The number of nitrogen functional groups attached to an aromatic ring is 1. The van der Waals surface area contributed by atoms with E-state index in [-0.39, 0.29) is 11.7 Å². The molecule has 0 unspecified atom stereocenters. The Bertz CT molecular complexity index is 756. The molecule has 0 atom stereocenters. The molecule has 2 aromatic carbocycles. The van der Waals surface area contributed by atoms with E-state index in [1.165, 1.54) is 6.07 Å². The zero-order chi connectivity index (χ0) is 14.1. The van der Waals surface area contributed by atoms with Gasteiger partial charge in [0.1, 0.15) is 11.5 Å². The van der Waals surface area contributed by atoms with Crippen molar-refractivity contribution in [2.75, 3.05) is 5.73 Å². The molecule has 1 aromatic heterocycles. The van der Waals surface area contributed by atoms with Gasteiger partial charge in [0, 0.05) is 5.56 Å². The van der Waals surface area contributed by atoms with E-state index in [2.05, 4.69) is 21.1 Å². The zero-order valence-electron chi connectivity index (χ0n) is 10.3. The minimum absolute atomic E-state index is 0.211. The van der Waals surface area contributed by atoms with Gasteiger partial charge in [-0.2, -0.15) is 0 Å². The predicted molar refractivity (Wildman–Crippen MR) is 79.4 cm³/mol. The van der Waals surface area contributed by atoms with Gasteiger partial charge in [0.15, 0.2) is 0 Å². The Morgan fingerprint density at radius 2 is 1.80 bits per heavy atom. The second kappa shape index (κ2) is 5.09. The maximum atomic E-state index is 13.7. The number of rotatable bonds is 2. The van der Waals surface area contributed by atoms with Crippen LogP contribution in [0.15, 0.2) is 57.5 Å². The summed E-state index contributed by atoms with van der Waals surface area (Å²) in [6.07, 6.45) is 0. The molecule has 0 radical (unpaired) electrons. The second-order valence-electron chi connectivity index (χ2n) is 4.24. The van der Waals surface area contributed by atoms with Gasteiger partial charge < -0.3 is 10.3 Å². The van der Waals surface area contributed by atoms with Crippen molar-refractivity contribution >= 4 is 21.8 Å². The largest absolute Gasteiger partial charge is 0.367 e. The van der Waals surface area contributed by atoms with E-state index in [0.29, 0.717) is 21.3 Å². The van der Waals surface area contributed by atoms with Crippen LogP contribution in [0.1, 0.15) is 0 Å². The highest BCUT2D eigenvalue weighted by atomic mass is 79.9. The molecule has 0 saturated heterocycles. The monoisotopic (exact) mass is 332 g/mol. The van der Waals surface area contributed by atoms with Gasteiger partial charge in [-0.1, -0.05) is 47.6 Å². The van der Waals surface area contributed by atoms with Gasteiger partial charge in [0.25, 0.3) is 0 Å². The van der Waals surface area contributed by atoms with E-state index in [0.717, 1.165) is 5.56 Å². The van der Waals surface area contributed by atoms with Crippen LogP contribution in [0.5, 0.6) is 0 Å². The van der Waals surface area contributed by atoms with Gasteiger partial charge in [-0.25, -0.2) is 4.39 Å². The molecule has 0 spiro atoms. The molecule has 0 fully saturated rings.